The number of nitrogens with one attached hydrogen (secondary N) is 1. The molecule has 0 bridgehead atoms. The number of nitrogens with zero attached hydrogens (tertiary/aromatic N) is 1. The molecule has 2 rings (SSSR count). The highest BCUT2D eigenvalue weighted by molar-refractivity contribution is 5.94. The van der Waals surface area contributed by atoms with Gasteiger partial charge in [0.05, 0.1) is 0 Å². The fourth-order valence-corrected chi connectivity index (χ4v) is 2.17. The summed E-state index contributed by atoms with van der Waals surface area (Å²) in [6, 6.07) is 5.54. The second kappa shape index (κ2) is 5.82. The summed E-state index contributed by atoms with van der Waals surface area (Å²) in [6.07, 6.45) is 1.21. The van der Waals surface area contributed by atoms with Gasteiger partial charge in [0.2, 0.25) is 5.91 Å². The second-order valence-electron chi connectivity index (χ2n) is 4.66. The van der Waals surface area contributed by atoms with E-state index in [4.69, 9.17) is 0 Å². The Morgan fingerprint density at radius 2 is 2.05 bits per heavy atom. The van der Waals surface area contributed by atoms with E-state index in [0.717, 1.165) is 6.42 Å². The first kappa shape index (κ1) is 13.5. The van der Waals surface area contributed by atoms with E-state index in [2.05, 4.69) is 5.32 Å². The Kier molecular flexibility index (Phi) is 4.14. The maximum atomic E-state index is 12.8. The van der Waals surface area contributed by atoms with E-state index in [1.165, 1.54) is 24.3 Å². The minimum Gasteiger partial charge on any atom is -0.352 e. The number of halogens is 1. The molecule has 1 unspecified atom stereocenters. The molecule has 1 aromatic carbocycles. The van der Waals surface area contributed by atoms with Gasteiger partial charge in [0.1, 0.15) is 5.82 Å². The normalized spacial score (nSPS) is 18.4. The van der Waals surface area contributed by atoms with Crippen molar-refractivity contribution in [3.8, 4) is 0 Å². The molecular weight excluding hydrogens is 247 g/mol. The molecule has 2 amide bonds. The van der Waals surface area contributed by atoms with Crippen LogP contribution < -0.4 is 5.32 Å². The summed E-state index contributed by atoms with van der Waals surface area (Å²) in [5, 5.41) is 2.88. The highest BCUT2D eigenvalue weighted by Crippen LogP contribution is 2.14. The van der Waals surface area contributed by atoms with Crippen LogP contribution in [-0.2, 0) is 4.79 Å². The standard InChI is InChI=1S/C14H17FN2O2/c1-2-13(18)16-12-7-8-17(9-12)14(19)10-3-5-11(15)6-4-10/h3-6,12H,2,7-9H2,1H3,(H,16,18). The molecule has 0 radical (unpaired) electrons. The molecule has 19 heavy (non-hydrogen) atoms. The minimum atomic E-state index is -0.356. The predicted molar refractivity (Wildman–Crippen MR) is 69.1 cm³/mol. The van der Waals surface area contributed by atoms with Crippen molar-refractivity contribution >= 4 is 11.8 Å². The van der Waals surface area contributed by atoms with Crippen LogP contribution in [0.15, 0.2) is 24.3 Å². The van der Waals surface area contributed by atoms with Crippen LogP contribution in [0, 0.1) is 5.82 Å². The molecule has 5 heteroatoms. The van der Waals surface area contributed by atoms with Gasteiger partial charge in [0.15, 0.2) is 0 Å². The molecule has 1 aromatic rings. The molecule has 1 aliphatic rings. The number of carbonyl (C=O) groups excluding carboxylic acids is 2. The van der Waals surface area contributed by atoms with E-state index in [1.807, 2.05) is 0 Å². The highest BCUT2D eigenvalue weighted by atomic mass is 19.1. The topological polar surface area (TPSA) is 49.4 Å². The Balaban J connectivity index is 1.95. The summed E-state index contributed by atoms with van der Waals surface area (Å²) in [7, 11) is 0. The van der Waals surface area contributed by atoms with Crippen molar-refractivity contribution in [2.75, 3.05) is 13.1 Å². The smallest absolute Gasteiger partial charge is 0.253 e. The first-order valence-corrected chi connectivity index (χ1v) is 6.44. The zero-order valence-electron chi connectivity index (χ0n) is 10.9. The highest BCUT2D eigenvalue weighted by Gasteiger charge is 2.27. The second-order valence-corrected chi connectivity index (χ2v) is 4.66. The van der Waals surface area contributed by atoms with Crippen molar-refractivity contribution in [1.82, 2.24) is 10.2 Å². The zero-order valence-corrected chi connectivity index (χ0v) is 10.9. The Hall–Kier alpha value is -1.91. The summed E-state index contributed by atoms with van der Waals surface area (Å²) < 4.78 is 12.8. The number of hydrogen-bond acceptors (Lipinski definition) is 2. The first-order chi connectivity index (χ1) is 9.10. The van der Waals surface area contributed by atoms with Gasteiger partial charge in [-0.1, -0.05) is 6.92 Å². The van der Waals surface area contributed by atoms with Gasteiger partial charge in [0.25, 0.3) is 5.91 Å². The number of carbonyl (C=O) groups is 2. The van der Waals surface area contributed by atoms with Crippen LogP contribution in [0.1, 0.15) is 30.1 Å². The third-order valence-electron chi connectivity index (χ3n) is 3.25. The van der Waals surface area contributed by atoms with Gasteiger partial charge in [-0.15, -0.1) is 0 Å². The van der Waals surface area contributed by atoms with Crippen LogP contribution in [0.25, 0.3) is 0 Å². The molecule has 0 aliphatic carbocycles. The average molecular weight is 264 g/mol. The SMILES string of the molecule is CCC(=O)NC1CCN(C(=O)c2ccc(F)cc2)C1. The monoisotopic (exact) mass is 264 g/mol. The van der Waals surface area contributed by atoms with E-state index >= 15 is 0 Å². The van der Waals surface area contributed by atoms with Gasteiger partial charge in [-0.3, -0.25) is 9.59 Å². The molecule has 0 saturated carbocycles. The van der Waals surface area contributed by atoms with Crippen molar-refractivity contribution in [1.29, 1.82) is 0 Å². The van der Waals surface area contributed by atoms with E-state index in [-0.39, 0.29) is 23.7 Å². The van der Waals surface area contributed by atoms with E-state index < -0.39 is 0 Å². The molecule has 1 heterocycles. The number of rotatable bonds is 3. The molecule has 1 saturated heterocycles. The maximum Gasteiger partial charge on any atom is 0.253 e. The van der Waals surface area contributed by atoms with Gasteiger partial charge in [-0.05, 0) is 30.7 Å². The molecule has 1 fully saturated rings. The van der Waals surface area contributed by atoms with Gasteiger partial charge in [0, 0.05) is 31.1 Å². The van der Waals surface area contributed by atoms with Gasteiger partial charge in [-0.2, -0.15) is 0 Å². The van der Waals surface area contributed by atoms with Crippen LogP contribution in [-0.4, -0.2) is 35.8 Å². The lowest BCUT2D eigenvalue weighted by Gasteiger charge is -2.17. The zero-order chi connectivity index (χ0) is 13.8. The fraction of sp³-hybridized carbons (Fsp3) is 0.429. The molecule has 0 aromatic heterocycles. The fourth-order valence-electron chi connectivity index (χ4n) is 2.17. The lowest BCUT2D eigenvalue weighted by molar-refractivity contribution is -0.121. The third kappa shape index (κ3) is 3.30. The van der Waals surface area contributed by atoms with Crippen molar-refractivity contribution in [3.63, 3.8) is 0 Å². The molecule has 0 spiro atoms. The quantitative estimate of drug-likeness (QED) is 0.900. The largest absolute Gasteiger partial charge is 0.352 e. The molecule has 1 N–H and O–H groups in total. The Morgan fingerprint density at radius 3 is 2.68 bits per heavy atom. The molecule has 4 nitrogen and oxygen atoms in total. The Morgan fingerprint density at radius 1 is 1.37 bits per heavy atom. The summed E-state index contributed by atoms with van der Waals surface area (Å²) in [5.74, 6) is -0.472. The van der Waals surface area contributed by atoms with Crippen LogP contribution in [0.3, 0.4) is 0 Å². The van der Waals surface area contributed by atoms with Crippen molar-refractivity contribution < 1.29 is 14.0 Å². The van der Waals surface area contributed by atoms with Crippen LogP contribution in [0.4, 0.5) is 4.39 Å². The number of likely N-dealkylation sites (tertiary alicyclic amines) is 1. The first-order valence-electron chi connectivity index (χ1n) is 6.44. The van der Waals surface area contributed by atoms with Crippen molar-refractivity contribution in [2.24, 2.45) is 0 Å². The average Bonchev–Trinajstić information content (AvgIpc) is 2.87. The van der Waals surface area contributed by atoms with E-state index in [0.29, 0.717) is 25.1 Å². The number of benzene rings is 1. The molecule has 102 valence electrons. The predicted octanol–water partition coefficient (Wildman–Crippen LogP) is 1.57. The van der Waals surface area contributed by atoms with Crippen LogP contribution in [0.2, 0.25) is 0 Å². The summed E-state index contributed by atoms with van der Waals surface area (Å²) in [5.41, 5.74) is 0.476. The summed E-state index contributed by atoms with van der Waals surface area (Å²) in [4.78, 5) is 25.1. The Bertz CT molecular complexity index is 473. The third-order valence-corrected chi connectivity index (χ3v) is 3.25. The molecule has 1 atom stereocenters. The molecule has 1 aliphatic heterocycles. The van der Waals surface area contributed by atoms with E-state index in [9.17, 15) is 14.0 Å². The lowest BCUT2D eigenvalue weighted by atomic mass is 10.2. The Labute approximate surface area is 111 Å². The summed E-state index contributed by atoms with van der Waals surface area (Å²) in [6.45, 7) is 2.93. The van der Waals surface area contributed by atoms with Gasteiger partial charge >= 0.3 is 0 Å². The minimum absolute atomic E-state index is 0.00100. The molecular formula is C14H17FN2O2. The van der Waals surface area contributed by atoms with Crippen LogP contribution >= 0.6 is 0 Å². The van der Waals surface area contributed by atoms with Crippen molar-refractivity contribution in [3.05, 3.63) is 35.6 Å². The van der Waals surface area contributed by atoms with Gasteiger partial charge in [-0.25, -0.2) is 4.39 Å². The van der Waals surface area contributed by atoms with E-state index in [1.54, 1.807) is 11.8 Å². The van der Waals surface area contributed by atoms with Crippen molar-refractivity contribution in [2.45, 2.75) is 25.8 Å². The number of hydrogen-bond donors (Lipinski definition) is 1. The number of amides is 2. The maximum absolute atomic E-state index is 12.8. The summed E-state index contributed by atoms with van der Waals surface area (Å²) >= 11 is 0. The van der Waals surface area contributed by atoms with Crippen LogP contribution in [0.5, 0.6) is 0 Å². The van der Waals surface area contributed by atoms with Gasteiger partial charge < -0.3 is 10.2 Å². The lowest BCUT2D eigenvalue weighted by Crippen LogP contribution is -2.38.